The molecule has 0 saturated carbocycles. The van der Waals surface area contributed by atoms with Crippen LogP contribution in [0, 0.1) is 0 Å². The topological polar surface area (TPSA) is 49.8 Å². The van der Waals surface area contributed by atoms with Crippen LogP contribution in [0.1, 0.15) is 11.1 Å². The van der Waals surface area contributed by atoms with Gasteiger partial charge in [0.1, 0.15) is 5.75 Å². The van der Waals surface area contributed by atoms with Gasteiger partial charge in [0.25, 0.3) is 5.91 Å². The molecule has 0 aliphatic rings. The highest BCUT2D eigenvalue weighted by Gasteiger charge is 2.34. The van der Waals surface area contributed by atoms with Crippen LogP contribution in [-0.2, 0) is 17.4 Å². The van der Waals surface area contributed by atoms with Crippen molar-refractivity contribution in [2.45, 2.75) is 12.6 Å². The van der Waals surface area contributed by atoms with Gasteiger partial charge in [0.05, 0.1) is 12.2 Å². The molecule has 0 radical (unpaired) electrons. The molecule has 0 heterocycles. The first-order chi connectivity index (χ1) is 12.4. The number of hydrogen-bond donors (Lipinski definition) is 1. The summed E-state index contributed by atoms with van der Waals surface area (Å²) in [7, 11) is 0. The van der Waals surface area contributed by atoms with Crippen molar-refractivity contribution in [3.8, 4) is 5.75 Å². The van der Waals surface area contributed by atoms with Gasteiger partial charge >= 0.3 is 6.18 Å². The van der Waals surface area contributed by atoms with E-state index in [4.69, 9.17) is 9.84 Å². The van der Waals surface area contributed by atoms with Crippen molar-refractivity contribution >= 4 is 5.91 Å². The predicted molar refractivity (Wildman–Crippen MR) is 90.8 cm³/mol. The number of para-hydroxylation sites is 1. The van der Waals surface area contributed by atoms with E-state index in [1.165, 1.54) is 23.1 Å². The third-order valence-electron chi connectivity index (χ3n) is 3.78. The Balaban J connectivity index is 1.97. The number of aliphatic hydroxyl groups is 1. The summed E-state index contributed by atoms with van der Waals surface area (Å²) in [5, 5.41) is 9.14. The second kappa shape index (κ2) is 9.24. The van der Waals surface area contributed by atoms with Crippen LogP contribution in [0.5, 0.6) is 5.75 Å². The largest absolute Gasteiger partial charge is 0.483 e. The van der Waals surface area contributed by atoms with E-state index in [0.29, 0.717) is 13.0 Å². The molecule has 1 amide bonds. The molecule has 0 unspecified atom stereocenters. The summed E-state index contributed by atoms with van der Waals surface area (Å²) in [6, 6.07) is 14.2. The minimum Gasteiger partial charge on any atom is -0.483 e. The van der Waals surface area contributed by atoms with Gasteiger partial charge in [0.2, 0.25) is 0 Å². The number of benzene rings is 2. The number of aliphatic hydroxyl groups excluding tert-OH is 1. The van der Waals surface area contributed by atoms with Crippen LogP contribution in [-0.4, -0.2) is 42.2 Å². The molecule has 0 saturated heterocycles. The first kappa shape index (κ1) is 19.8. The van der Waals surface area contributed by atoms with E-state index in [1.54, 1.807) is 0 Å². The molecule has 140 valence electrons. The van der Waals surface area contributed by atoms with E-state index in [1.807, 2.05) is 30.3 Å². The van der Waals surface area contributed by atoms with Crippen molar-refractivity contribution in [2.24, 2.45) is 0 Å². The molecule has 2 aromatic rings. The molecule has 0 spiro atoms. The van der Waals surface area contributed by atoms with Gasteiger partial charge in [-0.05, 0) is 24.1 Å². The number of carbonyl (C=O) groups excluding carboxylic acids is 1. The molecule has 0 fully saturated rings. The zero-order valence-corrected chi connectivity index (χ0v) is 14.1. The van der Waals surface area contributed by atoms with Gasteiger partial charge in [-0.3, -0.25) is 4.79 Å². The summed E-state index contributed by atoms with van der Waals surface area (Å²) in [6.45, 7) is -0.328. The predicted octanol–water partition coefficient (Wildman–Crippen LogP) is 3.15. The highest BCUT2D eigenvalue weighted by molar-refractivity contribution is 5.77. The van der Waals surface area contributed by atoms with Crippen molar-refractivity contribution in [2.75, 3.05) is 26.3 Å². The summed E-state index contributed by atoms with van der Waals surface area (Å²) < 4.78 is 44.0. The fourth-order valence-corrected chi connectivity index (χ4v) is 2.45. The van der Waals surface area contributed by atoms with Crippen LogP contribution < -0.4 is 4.74 Å². The lowest BCUT2D eigenvalue weighted by molar-refractivity contribution is -0.141. The van der Waals surface area contributed by atoms with Gasteiger partial charge in [-0.2, -0.15) is 13.2 Å². The van der Waals surface area contributed by atoms with Gasteiger partial charge in [-0.15, -0.1) is 0 Å². The summed E-state index contributed by atoms with van der Waals surface area (Å²) >= 11 is 0. The van der Waals surface area contributed by atoms with Crippen LogP contribution in [0.4, 0.5) is 13.2 Å². The lowest BCUT2D eigenvalue weighted by atomic mass is 10.1. The van der Waals surface area contributed by atoms with Crippen LogP contribution in [0.3, 0.4) is 0 Å². The SMILES string of the molecule is O=C(COc1ccccc1C(F)(F)F)N(CCO)CCc1ccccc1. The molecule has 2 rings (SSSR count). The second-order valence-electron chi connectivity index (χ2n) is 5.62. The van der Waals surface area contributed by atoms with Gasteiger partial charge in [-0.1, -0.05) is 42.5 Å². The highest BCUT2D eigenvalue weighted by atomic mass is 19.4. The van der Waals surface area contributed by atoms with Gasteiger partial charge in [0, 0.05) is 13.1 Å². The smallest absolute Gasteiger partial charge is 0.419 e. The standard InChI is InChI=1S/C19H20F3NO3/c20-19(21,22)16-8-4-5-9-17(16)26-14-18(25)23(12-13-24)11-10-15-6-2-1-3-7-15/h1-9,24H,10-14H2. The fourth-order valence-electron chi connectivity index (χ4n) is 2.45. The maximum atomic E-state index is 13.0. The van der Waals surface area contributed by atoms with E-state index in [9.17, 15) is 18.0 Å². The van der Waals surface area contributed by atoms with Crippen LogP contribution in [0.2, 0.25) is 0 Å². The molecule has 4 nitrogen and oxygen atoms in total. The molecule has 0 aliphatic heterocycles. The minimum absolute atomic E-state index is 0.0932. The molecule has 7 heteroatoms. The number of carbonyl (C=O) groups is 1. The van der Waals surface area contributed by atoms with Crippen molar-refractivity contribution in [3.63, 3.8) is 0 Å². The molecular formula is C19H20F3NO3. The highest BCUT2D eigenvalue weighted by Crippen LogP contribution is 2.35. The molecule has 26 heavy (non-hydrogen) atoms. The zero-order chi connectivity index (χ0) is 19.0. The molecular weight excluding hydrogens is 347 g/mol. The van der Waals surface area contributed by atoms with E-state index >= 15 is 0 Å². The molecule has 1 N–H and O–H groups in total. The van der Waals surface area contributed by atoms with Crippen molar-refractivity contribution < 1.29 is 27.8 Å². The summed E-state index contributed by atoms with van der Waals surface area (Å²) in [5.74, 6) is -0.868. The zero-order valence-electron chi connectivity index (χ0n) is 14.1. The van der Waals surface area contributed by atoms with Gasteiger partial charge < -0.3 is 14.7 Å². The molecule has 0 aromatic heterocycles. The van der Waals surface area contributed by atoms with Crippen LogP contribution in [0.15, 0.2) is 54.6 Å². The Labute approximate surface area is 149 Å². The van der Waals surface area contributed by atoms with E-state index in [0.717, 1.165) is 11.6 Å². The Hall–Kier alpha value is -2.54. The third kappa shape index (κ3) is 5.77. The number of rotatable bonds is 8. The van der Waals surface area contributed by atoms with Crippen LogP contribution >= 0.6 is 0 Å². The first-order valence-corrected chi connectivity index (χ1v) is 8.13. The van der Waals surface area contributed by atoms with Crippen molar-refractivity contribution in [3.05, 3.63) is 65.7 Å². The van der Waals surface area contributed by atoms with Gasteiger partial charge in [-0.25, -0.2) is 0 Å². The molecule has 2 aromatic carbocycles. The maximum absolute atomic E-state index is 13.0. The number of halogens is 3. The number of nitrogens with zero attached hydrogens (tertiary/aromatic N) is 1. The third-order valence-corrected chi connectivity index (χ3v) is 3.78. The number of hydrogen-bond acceptors (Lipinski definition) is 3. The number of alkyl halides is 3. The molecule has 0 bridgehead atoms. The lowest BCUT2D eigenvalue weighted by Gasteiger charge is -2.22. The minimum atomic E-state index is -4.56. The normalized spacial score (nSPS) is 11.2. The van der Waals surface area contributed by atoms with E-state index in [2.05, 4.69) is 0 Å². The average Bonchev–Trinajstić information content (AvgIpc) is 2.63. The number of amides is 1. The summed E-state index contributed by atoms with van der Waals surface area (Å²) in [4.78, 5) is 13.7. The van der Waals surface area contributed by atoms with E-state index in [-0.39, 0.29) is 18.9 Å². The molecule has 0 aliphatic carbocycles. The summed E-state index contributed by atoms with van der Waals surface area (Å²) in [5.41, 5.74) is 0.0948. The maximum Gasteiger partial charge on any atom is 0.419 e. The Morgan fingerprint density at radius 3 is 2.31 bits per heavy atom. The second-order valence-corrected chi connectivity index (χ2v) is 5.62. The Morgan fingerprint density at radius 1 is 1.00 bits per heavy atom. The van der Waals surface area contributed by atoms with Crippen molar-refractivity contribution in [1.29, 1.82) is 0 Å². The van der Waals surface area contributed by atoms with E-state index < -0.39 is 24.3 Å². The first-order valence-electron chi connectivity index (χ1n) is 8.13. The average molecular weight is 367 g/mol. The quantitative estimate of drug-likeness (QED) is 0.780. The molecule has 0 atom stereocenters. The van der Waals surface area contributed by atoms with Crippen molar-refractivity contribution in [1.82, 2.24) is 4.90 Å². The lowest BCUT2D eigenvalue weighted by Crippen LogP contribution is -2.38. The summed E-state index contributed by atoms with van der Waals surface area (Å²) in [6.07, 6.45) is -3.98. The Bertz CT molecular complexity index is 705. The Morgan fingerprint density at radius 2 is 1.65 bits per heavy atom. The fraction of sp³-hybridized carbons (Fsp3) is 0.316. The number of ether oxygens (including phenoxy) is 1. The monoisotopic (exact) mass is 367 g/mol. The van der Waals surface area contributed by atoms with Gasteiger partial charge in [0.15, 0.2) is 6.61 Å². The Kier molecular flexibility index (Phi) is 7.03. The van der Waals surface area contributed by atoms with Crippen LogP contribution in [0.25, 0.3) is 0 Å².